The molecule has 0 saturated heterocycles. The number of fused-ring (bicyclic) bond motifs is 1. The number of carbonyl (C=O) groups is 1. The SMILES string of the molecule is COc1ccc(NC(=O)Nc2nc3c(s2)CN(S(=O)(=O)N(C)C)CC3)cc1. The lowest BCUT2D eigenvalue weighted by Crippen LogP contribution is -2.42. The molecule has 1 aliphatic rings. The van der Waals surface area contributed by atoms with Crippen molar-refractivity contribution in [2.75, 3.05) is 38.4 Å². The van der Waals surface area contributed by atoms with Crippen molar-refractivity contribution in [3.05, 3.63) is 34.8 Å². The molecule has 11 heteroatoms. The number of aromatic nitrogens is 1. The van der Waals surface area contributed by atoms with E-state index in [1.54, 1.807) is 31.4 Å². The van der Waals surface area contributed by atoms with E-state index >= 15 is 0 Å². The van der Waals surface area contributed by atoms with Crippen LogP contribution in [0.1, 0.15) is 10.6 Å². The number of nitrogens with one attached hydrogen (secondary N) is 2. The Bertz CT molecular complexity index is 925. The van der Waals surface area contributed by atoms with Crippen molar-refractivity contribution in [3.8, 4) is 5.75 Å². The van der Waals surface area contributed by atoms with Gasteiger partial charge in [-0.25, -0.2) is 9.78 Å². The standard InChI is InChI=1S/C16H21N5O4S2/c1-20(2)27(23,24)21-9-8-13-14(10-21)26-16(18-13)19-15(22)17-11-4-6-12(25-3)7-5-11/h4-7H,8-10H2,1-3H3,(H2,17,18,19,22). The van der Waals surface area contributed by atoms with E-state index in [-0.39, 0.29) is 6.54 Å². The summed E-state index contributed by atoms with van der Waals surface area (Å²) < 4.78 is 32.2. The van der Waals surface area contributed by atoms with Crippen molar-refractivity contribution in [2.45, 2.75) is 13.0 Å². The van der Waals surface area contributed by atoms with Crippen LogP contribution >= 0.6 is 11.3 Å². The Morgan fingerprint density at radius 2 is 1.96 bits per heavy atom. The van der Waals surface area contributed by atoms with E-state index in [2.05, 4.69) is 15.6 Å². The molecule has 1 aromatic heterocycles. The van der Waals surface area contributed by atoms with Gasteiger partial charge in [-0.3, -0.25) is 5.32 Å². The van der Waals surface area contributed by atoms with Crippen molar-refractivity contribution < 1.29 is 17.9 Å². The lowest BCUT2D eigenvalue weighted by Gasteiger charge is -2.27. The monoisotopic (exact) mass is 411 g/mol. The summed E-state index contributed by atoms with van der Waals surface area (Å²) in [5.74, 6) is 0.700. The Morgan fingerprint density at radius 1 is 1.26 bits per heavy atom. The lowest BCUT2D eigenvalue weighted by molar-refractivity contribution is 0.262. The predicted molar refractivity (Wildman–Crippen MR) is 104 cm³/mol. The molecule has 2 N–H and O–H groups in total. The van der Waals surface area contributed by atoms with Crippen LogP contribution in [-0.2, 0) is 23.2 Å². The number of nitrogens with zero attached hydrogens (tertiary/aromatic N) is 3. The summed E-state index contributed by atoms with van der Waals surface area (Å²) >= 11 is 1.28. The van der Waals surface area contributed by atoms with Gasteiger partial charge in [0.1, 0.15) is 5.75 Å². The van der Waals surface area contributed by atoms with E-state index in [9.17, 15) is 13.2 Å². The number of urea groups is 1. The third-order valence-electron chi connectivity index (χ3n) is 4.05. The highest BCUT2D eigenvalue weighted by Gasteiger charge is 2.30. The number of amides is 2. The second kappa shape index (κ2) is 7.80. The van der Waals surface area contributed by atoms with Gasteiger partial charge in [0.2, 0.25) is 0 Å². The van der Waals surface area contributed by atoms with Gasteiger partial charge in [0, 0.05) is 37.6 Å². The minimum atomic E-state index is -3.47. The Morgan fingerprint density at radius 3 is 2.59 bits per heavy atom. The molecule has 0 fully saturated rings. The second-order valence-electron chi connectivity index (χ2n) is 6.07. The highest BCUT2D eigenvalue weighted by atomic mass is 32.2. The molecule has 0 bridgehead atoms. The van der Waals surface area contributed by atoms with Crippen LogP contribution in [0.2, 0.25) is 0 Å². The van der Waals surface area contributed by atoms with Crippen LogP contribution in [0.3, 0.4) is 0 Å². The van der Waals surface area contributed by atoms with Crippen molar-refractivity contribution in [2.24, 2.45) is 0 Å². The second-order valence-corrected chi connectivity index (χ2v) is 9.30. The zero-order valence-corrected chi connectivity index (χ0v) is 16.9. The fraction of sp³-hybridized carbons (Fsp3) is 0.375. The molecule has 146 valence electrons. The molecule has 0 saturated carbocycles. The molecule has 2 aromatic rings. The molecule has 2 amide bonds. The lowest BCUT2D eigenvalue weighted by atomic mass is 10.2. The summed E-state index contributed by atoms with van der Waals surface area (Å²) in [5, 5.41) is 5.86. The number of benzene rings is 1. The third-order valence-corrected chi connectivity index (χ3v) is 6.94. The highest BCUT2D eigenvalue weighted by molar-refractivity contribution is 7.86. The minimum Gasteiger partial charge on any atom is -0.497 e. The largest absolute Gasteiger partial charge is 0.497 e. The van der Waals surface area contributed by atoms with Crippen LogP contribution in [0.5, 0.6) is 5.75 Å². The van der Waals surface area contributed by atoms with E-state index in [0.29, 0.717) is 29.5 Å². The molecule has 0 unspecified atom stereocenters. The van der Waals surface area contributed by atoms with Crippen LogP contribution in [0.4, 0.5) is 15.6 Å². The molecular weight excluding hydrogens is 390 g/mol. The number of carbonyl (C=O) groups excluding carboxylic acids is 1. The summed E-state index contributed by atoms with van der Waals surface area (Å²) in [6, 6.07) is 6.54. The van der Waals surface area contributed by atoms with E-state index in [4.69, 9.17) is 4.74 Å². The zero-order valence-electron chi connectivity index (χ0n) is 15.2. The van der Waals surface area contributed by atoms with Gasteiger partial charge < -0.3 is 10.1 Å². The smallest absolute Gasteiger partial charge is 0.325 e. The molecule has 3 rings (SSSR count). The Kier molecular flexibility index (Phi) is 5.65. The Balaban J connectivity index is 1.64. The van der Waals surface area contributed by atoms with Gasteiger partial charge in [-0.2, -0.15) is 17.0 Å². The van der Waals surface area contributed by atoms with E-state index in [1.807, 2.05) is 0 Å². The van der Waals surface area contributed by atoms with Crippen molar-refractivity contribution >= 4 is 38.4 Å². The van der Waals surface area contributed by atoms with Crippen molar-refractivity contribution in [3.63, 3.8) is 0 Å². The molecular formula is C16H21N5O4S2. The number of anilines is 2. The van der Waals surface area contributed by atoms with E-state index < -0.39 is 16.2 Å². The zero-order chi connectivity index (χ0) is 19.6. The van der Waals surface area contributed by atoms with Gasteiger partial charge in [-0.15, -0.1) is 0 Å². The Labute approximate surface area is 162 Å². The average Bonchev–Trinajstić information content (AvgIpc) is 3.03. The molecule has 0 atom stereocenters. The fourth-order valence-electron chi connectivity index (χ4n) is 2.59. The van der Waals surface area contributed by atoms with Gasteiger partial charge in [-0.1, -0.05) is 11.3 Å². The molecule has 0 spiro atoms. The molecule has 27 heavy (non-hydrogen) atoms. The van der Waals surface area contributed by atoms with Gasteiger partial charge in [0.25, 0.3) is 10.2 Å². The summed E-state index contributed by atoms with van der Waals surface area (Å²) in [4.78, 5) is 17.4. The number of thiazole rings is 1. The number of methoxy groups -OCH3 is 1. The number of rotatable bonds is 5. The topological polar surface area (TPSA) is 104 Å². The first-order chi connectivity index (χ1) is 12.8. The highest BCUT2D eigenvalue weighted by Crippen LogP contribution is 2.30. The fourth-order valence-corrected chi connectivity index (χ4v) is 4.76. The number of hydrogen-bond donors (Lipinski definition) is 2. The van der Waals surface area contributed by atoms with Crippen molar-refractivity contribution in [1.82, 2.24) is 13.6 Å². The maximum atomic E-state index is 12.3. The van der Waals surface area contributed by atoms with Crippen molar-refractivity contribution in [1.29, 1.82) is 0 Å². The van der Waals surface area contributed by atoms with Crippen LogP contribution in [-0.4, -0.2) is 55.8 Å². The first kappa shape index (κ1) is 19.5. The Hall–Kier alpha value is -2.21. The quantitative estimate of drug-likeness (QED) is 0.783. The summed E-state index contributed by atoms with van der Waals surface area (Å²) in [6.45, 7) is 0.629. The van der Waals surface area contributed by atoms with Crippen LogP contribution in [0.25, 0.3) is 0 Å². The molecule has 0 aliphatic carbocycles. The summed E-state index contributed by atoms with van der Waals surface area (Å²) in [6.07, 6.45) is 0.515. The third kappa shape index (κ3) is 4.38. The maximum absolute atomic E-state index is 12.3. The molecule has 0 radical (unpaired) electrons. The van der Waals surface area contributed by atoms with Gasteiger partial charge in [0.05, 0.1) is 19.3 Å². The maximum Gasteiger partial charge on any atom is 0.325 e. The first-order valence-corrected chi connectivity index (χ1v) is 10.4. The van der Waals surface area contributed by atoms with E-state index in [1.165, 1.54) is 34.0 Å². The van der Waals surface area contributed by atoms with Crippen LogP contribution < -0.4 is 15.4 Å². The van der Waals surface area contributed by atoms with Gasteiger partial charge >= 0.3 is 6.03 Å². The summed E-state index contributed by atoms with van der Waals surface area (Å²) in [7, 11) is 1.12. The van der Waals surface area contributed by atoms with E-state index in [0.717, 1.165) is 10.6 Å². The molecule has 1 aliphatic heterocycles. The van der Waals surface area contributed by atoms with Gasteiger partial charge in [0.15, 0.2) is 5.13 Å². The minimum absolute atomic E-state index is 0.259. The normalized spacial score (nSPS) is 14.7. The molecule has 9 nitrogen and oxygen atoms in total. The average molecular weight is 412 g/mol. The molecule has 1 aromatic carbocycles. The van der Waals surface area contributed by atoms with Gasteiger partial charge in [-0.05, 0) is 24.3 Å². The molecule has 2 heterocycles. The van der Waals surface area contributed by atoms with Crippen LogP contribution in [0.15, 0.2) is 24.3 Å². The summed E-state index contributed by atoms with van der Waals surface area (Å²) in [5.41, 5.74) is 1.45. The predicted octanol–water partition coefficient (Wildman–Crippen LogP) is 1.96. The van der Waals surface area contributed by atoms with Crippen LogP contribution in [0, 0.1) is 0 Å². The first-order valence-electron chi connectivity index (χ1n) is 8.18. The number of ether oxygens (including phenoxy) is 1. The number of hydrogen-bond acceptors (Lipinski definition) is 6.